The number of nitrogens with zero attached hydrogens (tertiary/aromatic N) is 3. The standard InChI is InChI=1S/C17H23N5/c1-12-6-5-8-14(10-12)21-16-15(18)17(20-11-19-16)22-9-4-3-7-13(22)2/h5-6,8,10-11,13H,3-4,7,9,18H2,1-2H3,(H,19,20,21). The van der Waals surface area contributed by atoms with Crippen molar-refractivity contribution < 1.29 is 0 Å². The highest BCUT2D eigenvalue weighted by molar-refractivity contribution is 5.78. The number of anilines is 4. The van der Waals surface area contributed by atoms with Crippen molar-refractivity contribution in [3.63, 3.8) is 0 Å². The van der Waals surface area contributed by atoms with Crippen LogP contribution in [0.3, 0.4) is 0 Å². The second kappa shape index (κ2) is 6.22. The predicted octanol–water partition coefficient (Wildman–Crippen LogP) is 3.49. The van der Waals surface area contributed by atoms with E-state index >= 15 is 0 Å². The Morgan fingerprint density at radius 3 is 2.91 bits per heavy atom. The fourth-order valence-electron chi connectivity index (χ4n) is 2.99. The van der Waals surface area contributed by atoms with Crippen LogP contribution in [0.5, 0.6) is 0 Å². The number of benzene rings is 1. The molecule has 0 spiro atoms. The van der Waals surface area contributed by atoms with E-state index in [4.69, 9.17) is 5.73 Å². The van der Waals surface area contributed by atoms with Gasteiger partial charge in [-0.2, -0.15) is 0 Å². The molecule has 1 unspecified atom stereocenters. The highest BCUT2D eigenvalue weighted by atomic mass is 15.2. The Labute approximate surface area is 131 Å². The number of aromatic nitrogens is 2. The predicted molar refractivity (Wildman–Crippen MR) is 91.6 cm³/mol. The van der Waals surface area contributed by atoms with E-state index in [1.54, 1.807) is 6.33 Å². The molecule has 2 heterocycles. The molecule has 0 amide bonds. The van der Waals surface area contributed by atoms with E-state index < -0.39 is 0 Å². The average Bonchev–Trinajstić information content (AvgIpc) is 2.50. The first-order chi connectivity index (χ1) is 10.6. The lowest BCUT2D eigenvalue weighted by molar-refractivity contribution is 0.481. The normalized spacial score (nSPS) is 18.3. The van der Waals surface area contributed by atoms with E-state index in [1.807, 2.05) is 12.1 Å². The first-order valence-electron chi connectivity index (χ1n) is 7.86. The van der Waals surface area contributed by atoms with Gasteiger partial charge in [0, 0.05) is 18.3 Å². The average molecular weight is 297 g/mol. The van der Waals surface area contributed by atoms with Crippen molar-refractivity contribution in [1.82, 2.24) is 9.97 Å². The molecule has 2 aromatic rings. The summed E-state index contributed by atoms with van der Waals surface area (Å²) in [5.41, 5.74) is 9.14. The van der Waals surface area contributed by atoms with Gasteiger partial charge in [-0.1, -0.05) is 12.1 Å². The van der Waals surface area contributed by atoms with Gasteiger partial charge in [0.05, 0.1) is 0 Å². The number of nitrogen functional groups attached to an aromatic ring is 1. The van der Waals surface area contributed by atoms with E-state index in [-0.39, 0.29) is 0 Å². The molecule has 1 aromatic carbocycles. The fraction of sp³-hybridized carbons (Fsp3) is 0.412. The molecule has 5 heteroatoms. The van der Waals surface area contributed by atoms with Crippen molar-refractivity contribution in [2.24, 2.45) is 0 Å². The summed E-state index contributed by atoms with van der Waals surface area (Å²) in [4.78, 5) is 11.0. The van der Waals surface area contributed by atoms with Gasteiger partial charge in [-0.3, -0.25) is 0 Å². The van der Waals surface area contributed by atoms with Crippen molar-refractivity contribution in [2.75, 3.05) is 22.5 Å². The van der Waals surface area contributed by atoms with Crippen LogP contribution in [0.4, 0.5) is 23.0 Å². The largest absolute Gasteiger partial charge is 0.393 e. The summed E-state index contributed by atoms with van der Waals surface area (Å²) in [5, 5.41) is 3.30. The van der Waals surface area contributed by atoms with Gasteiger partial charge in [0.15, 0.2) is 11.6 Å². The van der Waals surface area contributed by atoms with Crippen molar-refractivity contribution in [2.45, 2.75) is 39.2 Å². The molecule has 1 aliphatic rings. The minimum Gasteiger partial charge on any atom is -0.393 e. The fourth-order valence-corrected chi connectivity index (χ4v) is 2.99. The number of rotatable bonds is 3. The Balaban J connectivity index is 1.88. The lowest BCUT2D eigenvalue weighted by Gasteiger charge is -2.35. The Bertz CT molecular complexity index is 655. The molecule has 1 fully saturated rings. The highest BCUT2D eigenvalue weighted by Gasteiger charge is 2.23. The third-order valence-electron chi connectivity index (χ3n) is 4.22. The van der Waals surface area contributed by atoms with Gasteiger partial charge in [-0.25, -0.2) is 9.97 Å². The maximum absolute atomic E-state index is 6.33. The summed E-state index contributed by atoms with van der Waals surface area (Å²) < 4.78 is 0. The third-order valence-corrected chi connectivity index (χ3v) is 4.22. The Morgan fingerprint density at radius 2 is 2.14 bits per heavy atom. The summed E-state index contributed by atoms with van der Waals surface area (Å²) in [6.07, 6.45) is 5.24. The quantitative estimate of drug-likeness (QED) is 0.907. The molecular weight excluding hydrogens is 274 g/mol. The zero-order chi connectivity index (χ0) is 15.5. The molecule has 1 aromatic heterocycles. The lowest BCUT2D eigenvalue weighted by atomic mass is 10.0. The van der Waals surface area contributed by atoms with E-state index in [1.165, 1.54) is 24.8 Å². The zero-order valence-electron chi connectivity index (χ0n) is 13.2. The van der Waals surface area contributed by atoms with Crippen LogP contribution in [-0.4, -0.2) is 22.6 Å². The Morgan fingerprint density at radius 1 is 1.27 bits per heavy atom. The molecule has 1 saturated heterocycles. The summed E-state index contributed by atoms with van der Waals surface area (Å²) in [7, 11) is 0. The van der Waals surface area contributed by atoms with Crippen LogP contribution in [0, 0.1) is 6.92 Å². The van der Waals surface area contributed by atoms with Crippen LogP contribution >= 0.6 is 0 Å². The second-order valence-corrected chi connectivity index (χ2v) is 5.99. The van der Waals surface area contributed by atoms with E-state index in [2.05, 4.69) is 46.2 Å². The van der Waals surface area contributed by atoms with Crippen molar-refractivity contribution in [1.29, 1.82) is 0 Å². The number of hydrogen-bond donors (Lipinski definition) is 2. The van der Waals surface area contributed by atoms with Crippen molar-refractivity contribution in [3.8, 4) is 0 Å². The molecule has 3 N–H and O–H groups in total. The Hall–Kier alpha value is -2.30. The van der Waals surface area contributed by atoms with Gasteiger partial charge in [0.25, 0.3) is 0 Å². The summed E-state index contributed by atoms with van der Waals surface area (Å²) in [6.45, 7) is 5.30. The van der Waals surface area contributed by atoms with Crippen LogP contribution < -0.4 is 16.0 Å². The summed E-state index contributed by atoms with van der Waals surface area (Å²) in [6, 6.07) is 8.64. The van der Waals surface area contributed by atoms with Crippen molar-refractivity contribution >= 4 is 23.0 Å². The van der Waals surface area contributed by atoms with Gasteiger partial charge in [0.1, 0.15) is 12.0 Å². The first kappa shape index (κ1) is 14.6. The van der Waals surface area contributed by atoms with Crippen LogP contribution in [0.15, 0.2) is 30.6 Å². The SMILES string of the molecule is Cc1cccc(Nc2ncnc(N3CCCCC3C)c2N)c1. The minimum absolute atomic E-state index is 0.470. The van der Waals surface area contributed by atoms with E-state index in [0.29, 0.717) is 17.5 Å². The number of aryl methyl sites for hydroxylation is 1. The van der Waals surface area contributed by atoms with Gasteiger partial charge in [-0.05, 0) is 50.8 Å². The monoisotopic (exact) mass is 297 g/mol. The van der Waals surface area contributed by atoms with E-state index in [0.717, 1.165) is 18.1 Å². The first-order valence-corrected chi connectivity index (χ1v) is 7.86. The third kappa shape index (κ3) is 2.98. The second-order valence-electron chi connectivity index (χ2n) is 5.99. The summed E-state index contributed by atoms with van der Waals surface area (Å²) >= 11 is 0. The van der Waals surface area contributed by atoms with Gasteiger partial charge < -0.3 is 16.0 Å². The maximum atomic E-state index is 6.33. The van der Waals surface area contributed by atoms with Crippen LogP contribution in [0.2, 0.25) is 0 Å². The molecule has 0 radical (unpaired) electrons. The Kier molecular flexibility index (Phi) is 4.13. The molecule has 3 rings (SSSR count). The maximum Gasteiger partial charge on any atom is 0.159 e. The molecule has 0 aliphatic carbocycles. The molecule has 1 aliphatic heterocycles. The number of nitrogens with two attached hydrogens (primary N) is 1. The van der Waals surface area contributed by atoms with Crippen LogP contribution in [0.25, 0.3) is 0 Å². The van der Waals surface area contributed by atoms with Crippen LogP contribution in [-0.2, 0) is 0 Å². The lowest BCUT2D eigenvalue weighted by Crippen LogP contribution is -2.38. The van der Waals surface area contributed by atoms with Gasteiger partial charge in [0.2, 0.25) is 0 Å². The molecule has 1 atom stereocenters. The molecule has 0 bridgehead atoms. The van der Waals surface area contributed by atoms with Crippen molar-refractivity contribution in [3.05, 3.63) is 36.2 Å². The molecule has 0 saturated carbocycles. The van der Waals surface area contributed by atoms with Crippen LogP contribution in [0.1, 0.15) is 31.7 Å². The molecular formula is C17H23N5. The van der Waals surface area contributed by atoms with Gasteiger partial charge >= 0.3 is 0 Å². The molecule has 5 nitrogen and oxygen atoms in total. The minimum atomic E-state index is 0.470. The molecule has 22 heavy (non-hydrogen) atoms. The highest BCUT2D eigenvalue weighted by Crippen LogP contribution is 2.32. The topological polar surface area (TPSA) is 67.1 Å². The van der Waals surface area contributed by atoms with Gasteiger partial charge in [-0.15, -0.1) is 0 Å². The number of hydrogen-bond acceptors (Lipinski definition) is 5. The molecule has 116 valence electrons. The number of piperidine rings is 1. The summed E-state index contributed by atoms with van der Waals surface area (Å²) in [5.74, 6) is 1.52. The number of nitrogens with one attached hydrogen (secondary N) is 1. The zero-order valence-corrected chi connectivity index (χ0v) is 13.2. The smallest absolute Gasteiger partial charge is 0.159 e. The van der Waals surface area contributed by atoms with E-state index in [9.17, 15) is 0 Å².